The molecular weight excluding hydrogens is 415 g/mol. The van der Waals surface area contributed by atoms with Crippen molar-refractivity contribution in [3.63, 3.8) is 0 Å². The topological polar surface area (TPSA) is 61.8 Å². The van der Waals surface area contributed by atoms with Gasteiger partial charge in [-0.25, -0.2) is 9.98 Å². The van der Waals surface area contributed by atoms with E-state index in [-0.39, 0.29) is 5.88 Å². The molecule has 3 heterocycles. The van der Waals surface area contributed by atoms with Crippen LogP contribution in [-0.2, 0) is 6.54 Å². The van der Waals surface area contributed by atoms with Gasteiger partial charge in [-0.2, -0.15) is 13.2 Å². The molecule has 0 spiro atoms. The van der Waals surface area contributed by atoms with E-state index in [4.69, 9.17) is 4.74 Å². The van der Waals surface area contributed by atoms with Crippen LogP contribution < -0.4 is 20.3 Å². The molecule has 1 saturated heterocycles. The molecule has 164 valence electrons. The first-order chi connectivity index (χ1) is 14.4. The lowest BCUT2D eigenvalue weighted by Crippen LogP contribution is -2.48. The summed E-state index contributed by atoms with van der Waals surface area (Å²) in [5, 5.41) is 10.1. The van der Waals surface area contributed by atoms with E-state index in [0.29, 0.717) is 18.5 Å². The molecule has 0 bridgehead atoms. The molecule has 0 unspecified atom stereocenters. The van der Waals surface area contributed by atoms with Crippen LogP contribution in [0.4, 0.5) is 18.2 Å². The van der Waals surface area contributed by atoms with Gasteiger partial charge < -0.3 is 20.3 Å². The highest BCUT2D eigenvalue weighted by atomic mass is 32.1. The van der Waals surface area contributed by atoms with E-state index in [9.17, 15) is 13.2 Å². The van der Waals surface area contributed by atoms with Crippen molar-refractivity contribution in [1.29, 1.82) is 0 Å². The molecule has 0 radical (unpaired) electrons. The first kappa shape index (κ1) is 22.2. The van der Waals surface area contributed by atoms with Gasteiger partial charge in [0, 0.05) is 37.9 Å². The minimum Gasteiger partial charge on any atom is -0.468 e. The van der Waals surface area contributed by atoms with Gasteiger partial charge in [-0.05, 0) is 48.9 Å². The lowest BCUT2D eigenvalue weighted by Gasteiger charge is -2.33. The van der Waals surface area contributed by atoms with Crippen LogP contribution in [0.3, 0.4) is 0 Å². The molecule has 1 aliphatic rings. The van der Waals surface area contributed by atoms with Crippen LogP contribution in [0.2, 0.25) is 0 Å². The maximum Gasteiger partial charge on any atom is 0.422 e. The molecule has 30 heavy (non-hydrogen) atoms. The number of anilines is 1. The minimum atomic E-state index is -4.39. The predicted octanol–water partition coefficient (Wildman–Crippen LogP) is 3.81. The predicted molar refractivity (Wildman–Crippen MR) is 113 cm³/mol. The fraction of sp³-hybridized carbons (Fsp3) is 0.500. The Morgan fingerprint density at radius 1 is 1.33 bits per heavy atom. The lowest BCUT2D eigenvalue weighted by molar-refractivity contribution is -0.154. The standard InChI is InChI=1S/C20H26F3N5OS/c1-2-24-19(27-16-6-9-28(10-7-16)18-4-3-11-30-18)26-13-15-5-8-25-17(12-15)29-14-20(21,22)23/h3-5,8,11-12,16H,2,6-7,9-10,13-14H2,1H3,(H2,24,26,27). The Bertz CT molecular complexity index is 805. The van der Waals surface area contributed by atoms with Crippen molar-refractivity contribution < 1.29 is 17.9 Å². The van der Waals surface area contributed by atoms with Crippen LogP contribution in [0.15, 0.2) is 40.8 Å². The van der Waals surface area contributed by atoms with Crippen molar-refractivity contribution in [2.75, 3.05) is 31.1 Å². The Labute approximate surface area is 178 Å². The number of piperidine rings is 1. The Balaban J connectivity index is 1.53. The molecular formula is C20H26F3N5OS. The highest BCUT2D eigenvalue weighted by Gasteiger charge is 2.28. The molecule has 0 aliphatic carbocycles. The second-order valence-electron chi connectivity index (χ2n) is 6.96. The maximum absolute atomic E-state index is 12.3. The molecule has 0 saturated carbocycles. The van der Waals surface area contributed by atoms with Crippen molar-refractivity contribution >= 4 is 22.3 Å². The average Bonchev–Trinajstić information content (AvgIpc) is 3.26. The number of pyridine rings is 1. The van der Waals surface area contributed by atoms with Crippen LogP contribution in [-0.4, -0.2) is 49.4 Å². The monoisotopic (exact) mass is 441 g/mol. The van der Waals surface area contributed by atoms with Gasteiger partial charge in [0.05, 0.1) is 11.5 Å². The van der Waals surface area contributed by atoms with E-state index in [1.54, 1.807) is 17.4 Å². The summed E-state index contributed by atoms with van der Waals surface area (Å²) in [5.74, 6) is 0.639. The molecule has 2 aromatic rings. The number of aromatic nitrogens is 1. The third-order valence-electron chi connectivity index (χ3n) is 4.60. The largest absolute Gasteiger partial charge is 0.468 e. The summed E-state index contributed by atoms with van der Waals surface area (Å²) in [4.78, 5) is 10.8. The van der Waals surface area contributed by atoms with Gasteiger partial charge in [0.2, 0.25) is 5.88 Å². The highest BCUT2D eigenvalue weighted by Crippen LogP contribution is 2.24. The minimum absolute atomic E-state index is 0.0565. The summed E-state index contributed by atoms with van der Waals surface area (Å²) in [7, 11) is 0. The number of aliphatic imine (C=N–C) groups is 1. The second-order valence-corrected chi connectivity index (χ2v) is 7.88. The van der Waals surface area contributed by atoms with Crippen molar-refractivity contribution in [3.8, 4) is 5.88 Å². The number of nitrogens with zero attached hydrogens (tertiary/aromatic N) is 3. The molecule has 6 nitrogen and oxygen atoms in total. The molecule has 0 atom stereocenters. The molecule has 3 rings (SSSR count). The molecule has 1 fully saturated rings. The number of thiophene rings is 1. The lowest BCUT2D eigenvalue weighted by atomic mass is 10.1. The van der Waals surface area contributed by atoms with Crippen LogP contribution >= 0.6 is 11.3 Å². The van der Waals surface area contributed by atoms with E-state index < -0.39 is 12.8 Å². The van der Waals surface area contributed by atoms with Gasteiger partial charge in [-0.15, -0.1) is 11.3 Å². The maximum atomic E-state index is 12.3. The van der Waals surface area contributed by atoms with Crippen LogP contribution in [0.25, 0.3) is 0 Å². The zero-order valence-electron chi connectivity index (χ0n) is 16.8. The summed E-state index contributed by atoms with van der Waals surface area (Å²) in [6, 6.07) is 7.73. The summed E-state index contributed by atoms with van der Waals surface area (Å²) in [5.41, 5.74) is 0.729. The fourth-order valence-corrected chi connectivity index (χ4v) is 3.95. The second kappa shape index (κ2) is 10.5. The highest BCUT2D eigenvalue weighted by molar-refractivity contribution is 7.14. The Hall–Kier alpha value is -2.49. The van der Waals surface area contributed by atoms with Crippen LogP contribution in [0.5, 0.6) is 5.88 Å². The average molecular weight is 442 g/mol. The van der Waals surface area contributed by atoms with E-state index in [1.165, 1.54) is 17.3 Å². The van der Waals surface area contributed by atoms with Gasteiger partial charge in [0.1, 0.15) is 0 Å². The zero-order valence-corrected chi connectivity index (χ0v) is 17.6. The Kier molecular flexibility index (Phi) is 7.78. The molecule has 10 heteroatoms. The number of halogens is 3. The third kappa shape index (κ3) is 7.08. The van der Waals surface area contributed by atoms with Gasteiger partial charge >= 0.3 is 6.18 Å². The van der Waals surface area contributed by atoms with E-state index in [0.717, 1.165) is 38.0 Å². The summed E-state index contributed by atoms with van der Waals surface area (Å²) < 4.78 is 41.6. The smallest absolute Gasteiger partial charge is 0.422 e. The first-order valence-electron chi connectivity index (χ1n) is 9.90. The number of alkyl halides is 3. The SMILES string of the molecule is CCNC(=NCc1ccnc(OCC(F)(F)F)c1)NC1CCN(c2cccs2)CC1. The van der Waals surface area contributed by atoms with E-state index >= 15 is 0 Å². The summed E-state index contributed by atoms with van der Waals surface area (Å²) in [6.07, 6.45) is -0.950. The number of guanidine groups is 1. The summed E-state index contributed by atoms with van der Waals surface area (Å²) in [6.45, 7) is 3.64. The van der Waals surface area contributed by atoms with Crippen molar-refractivity contribution in [2.45, 2.75) is 38.5 Å². The van der Waals surface area contributed by atoms with Crippen LogP contribution in [0.1, 0.15) is 25.3 Å². The van der Waals surface area contributed by atoms with Gasteiger partial charge in [0.25, 0.3) is 0 Å². The Morgan fingerprint density at radius 2 is 2.13 bits per heavy atom. The third-order valence-corrected chi connectivity index (χ3v) is 5.53. The molecule has 0 amide bonds. The number of hydrogen-bond donors (Lipinski definition) is 2. The molecule has 2 N–H and O–H groups in total. The van der Waals surface area contributed by atoms with Crippen molar-refractivity contribution in [1.82, 2.24) is 15.6 Å². The van der Waals surface area contributed by atoms with Gasteiger partial charge in [0.15, 0.2) is 12.6 Å². The van der Waals surface area contributed by atoms with E-state index in [2.05, 4.69) is 43.0 Å². The van der Waals surface area contributed by atoms with Crippen LogP contribution in [0, 0.1) is 0 Å². The Morgan fingerprint density at radius 3 is 2.80 bits per heavy atom. The van der Waals surface area contributed by atoms with Crippen molar-refractivity contribution in [3.05, 3.63) is 41.4 Å². The van der Waals surface area contributed by atoms with Crippen molar-refractivity contribution in [2.24, 2.45) is 4.99 Å². The molecule has 1 aliphatic heterocycles. The number of ether oxygens (including phenoxy) is 1. The van der Waals surface area contributed by atoms with E-state index in [1.807, 2.05) is 6.92 Å². The number of rotatable bonds is 7. The normalized spacial score (nSPS) is 15.9. The first-order valence-corrected chi connectivity index (χ1v) is 10.8. The summed E-state index contributed by atoms with van der Waals surface area (Å²) >= 11 is 1.76. The quantitative estimate of drug-likeness (QED) is 0.506. The number of hydrogen-bond acceptors (Lipinski definition) is 5. The fourth-order valence-electron chi connectivity index (χ4n) is 3.16. The van der Waals surface area contributed by atoms with Gasteiger partial charge in [-0.1, -0.05) is 0 Å². The van der Waals surface area contributed by atoms with Gasteiger partial charge in [-0.3, -0.25) is 0 Å². The molecule has 0 aromatic carbocycles. The number of nitrogens with one attached hydrogen (secondary N) is 2. The molecule has 2 aromatic heterocycles. The zero-order chi connectivity index (χ0) is 21.4.